The van der Waals surface area contributed by atoms with Crippen LogP contribution < -0.4 is 0 Å². The molecular formula is C31H66O6Si. The molecule has 0 unspecified atom stereocenters. The van der Waals surface area contributed by atoms with Crippen LogP contribution in [0.1, 0.15) is 110 Å². The predicted octanol–water partition coefficient (Wildman–Crippen LogP) is 8.18. The van der Waals surface area contributed by atoms with Gasteiger partial charge in [-0.15, -0.1) is 0 Å². The zero-order valence-corrected chi connectivity index (χ0v) is 27.0. The maximum absolute atomic E-state index is 5.73. The Labute approximate surface area is 238 Å². The van der Waals surface area contributed by atoms with Crippen LogP contribution in [0, 0.1) is 0 Å². The van der Waals surface area contributed by atoms with Gasteiger partial charge < -0.3 is 28.1 Å². The highest BCUT2D eigenvalue weighted by Crippen LogP contribution is 2.13. The average molecular weight is 563 g/mol. The molecule has 6 nitrogen and oxygen atoms in total. The number of hydrogen-bond acceptors (Lipinski definition) is 6. The van der Waals surface area contributed by atoms with E-state index < -0.39 is 8.32 Å². The number of hydrogen-bond donors (Lipinski definition) is 0. The van der Waals surface area contributed by atoms with Crippen molar-refractivity contribution in [2.24, 2.45) is 0 Å². The summed E-state index contributed by atoms with van der Waals surface area (Å²) in [4.78, 5) is 0. The molecule has 38 heavy (non-hydrogen) atoms. The van der Waals surface area contributed by atoms with Crippen LogP contribution in [-0.2, 0) is 28.1 Å². The van der Waals surface area contributed by atoms with E-state index in [1.165, 1.54) is 103 Å². The summed E-state index contributed by atoms with van der Waals surface area (Å²) < 4.78 is 33.4. The first kappa shape index (κ1) is 38.0. The van der Waals surface area contributed by atoms with Crippen LogP contribution in [0.2, 0.25) is 19.6 Å². The van der Waals surface area contributed by atoms with Gasteiger partial charge in [0.2, 0.25) is 0 Å². The van der Waals surface area contributed by atoms with Gasteiger partial charge >= 0.3 is 0 Å². The van der Waals surface area contributed by atoms with Crippen molar-refractivity contribution in [2.45, 2.75) is 129 Å². The van der Waals surface area contributed by atoms with E-state index in [4.69, 9.17) is 28.1 Å². The van der Waals surface area contributed by atoms with Crippen LogP contribution in [0.15, 0.2) is 0 Å². The lowest BCUT2D eigenvalue weighted by Gasteiger charge is -2.16. The maximum atomic E-state index is 5.73. The molecular weight excluding hydrogens is 496 g/mol. The monoisotopic (exact) mass is 562 g/mol. The second-order valence-electron chi connectivity index (χ2n) is 11.3. The average Bonchev–Trinajstić information content (AvgIpc) is 2.88. The maximum Gasteiger partial charge on any atom is 0.183 e. The summed E-state index contributed by atoms with van der Waals surface area (Å²) in [5.41, 5.74) is 0. The van der Waals surface area contributed by atoms with E-state index in [1.807, 2.05) is 0 Å². The standard InChI is InChI=1S/C31H66O6Si/c1-5-6-7-8-9-10-11-12-13-14-15-16-17-18-19-20-21-32-22-23-33-24-25-34-26-27-35-28-29-36-30-31-37-38(2,3)4/h5-31H2,1-4H3. The van der Waals surface area contributed by atoms with Gasteiger partial charge in [0.25, 0.3) is 0 Å². The summed E-state index contributed by atoms with van der Waals surface area (Å²) in [7, 11) is -1.43. The molecule has 0 aromatic carbocycles. The molecule has 0 bridgehead atoms. The topological polar surface area (TPSA) is 55.4 Å². The van der Waals surface area contributed by atoms with E-state index in [-0.39, 0.29) is 0 Å². The summed E-state index contributed by atoms with van der Waals surface area (Å²) in [5, 5.41) is 0. The Morgan fingerprint density at radius 3 is 0.895 bits per heavy atom. The van der Waals surface area contributed by atoms with E-state index in [9.17, 15) is 0 Å². The van der Waals surface area contributed by atoms with Gasteiger partial charge in [-0.05, 0) is 26.1 Å². The zero-order valence-electron chi connectivity index (χ0n) is 26.0. The Morgan fingerprint density at radius 1 is 0.316 bits per heavy atom. The van der Waals surface area contributed by atoms with Crippen molar-refractivity contribution in [1.29, 1.82) is 0 Å². The highest BCUT2D eigenvalue weighted by Gasteiger charge is 2.13. The normalized spacial score (nSPS) is 12.0. The van der Waals surface area contributed by atoms with Crippen molar-refractivity contribution >= 4 is 8.32 Å². The summed E-state index contributed by atoms with van der Waals surface area (Å²) in [6.07, 6.45) is 22.4. The predicted molar refractivity (Wildman–Crippen MR) is 163 cm³/mol. The summed E-state index contributed by atoms with van der Waals surface area (Å²) in [6, 6.07) is 0. The molecule has 230 valence electrons. The minimum Gasteiger partial charge on any atom is -0.415 e. The van der Waals surface area contributed by atoms with Crippen LogP contribution in [0.3, 0.4) is 0 Å². The molecule has 0 aromatic rings. The lowest BCUT2D eigenvalue weighted by Crippen LogP contribution is -2.27. The van der Waals surface area contributed by atoms with Gasteiger partial charge in [-0.2, -0.15) is 0 Å². The smallest absolute Gasteiger partial charge is 0.183 e. The molecule has 0 saturated carbocycles. The van der Waals surface area contributed by atoms with Gasteiger partial charge in [-0.25, -0.2) is 0 Å². The lowest BCUT2D eigenvalue weighted by molar-refractivity contribution is -0.0130. The molecule has 0 aliphatic rings. The van der Waals surface area contributed by atoms with Crippen LogP contribution >= 0.6 is 0 Å². The fourth-order valence-electron chi connectivity index (χ4n) is 4.14. The Bertz CT molecular complexity index is 433. The number of ether oxygens (including phenoxy) is 5. The minimum atomic E-state index is -1.43. The van der Waals surface area contributed by atoms with Gasteiger partial charge in [0.15, 0.2) is 8.32 Å². The van der Waals surface area contributed by atoms with Crippen molar-refractivity contribution < 1.29 is 28.1 Å². The van der Waals surface area contributed by atoms with Crippen LogP contribution in [0.4, 0.5) is 0 Å². The van der Waals surface area contributed by atoms with E-state index in [0.717, 1.165) is 6.61 Å². The molecule has 0 saturated heterocycles. The quantitative estimate of drug-likeness (QED) is 0.0594. The SMILES string of the molecule is CCCCCCCCCCCCCCCCCCOCCOCCOCCOCCOCCO[Si](C)(C)C. The van der Waals surface area contributed by atoms with Crippen molar-refractivity contribution in [1.82, 2.24) is 0 Å². The largest absolute Gasteiger partial charge is 0.415 e. The highest BCUT2D eigenvalue weighted by atomic mass is 28.4. The van der Waals surface area contributed by atoms with Crippen LogP contribution in [0.25, 0.3) is 0 Å². The molecule has 0 radical (unpaired) electrons. The van der Waals surface area contributed by atoms with Gasteiger partial charge in [0, 0.05) is 6.61 Å². The van der Waals surface area contributed by atoms with Crippen molar-refractivity contribution in [3.63, 3.8) is 0 Å². The first-order valence-electron chi connectivity index (χ1n) is 16.1. The molecule has 0 aromatic heterocycles. The fourth-order valence-corrected chi connectivity index (χ4v) is 4.84. The molecule has 0 fully saturated rings. The molecule has 0 N–H and O–H groups in total. The lowest BCUT2D eigenvalue weighted by atomic mass is 10.0. The zero-order chi connectivity index (χ0) is 27.8. The highest BCUT2D eigenvalue weighted by molar-refractivity contribution is 6.69. The van der Waals surface area contributed by atoms with Crippen LogP contribution in [-0.4, -0.2) is 81.0 Å². The summed E-state index contributed by atoms with van der Waals surface area (Å²) >= 11 is 0. The van der Waals surface area contributed by atoms with E-state index in [0.29, 0.717) is 66.1 Å². The van der Waals surface area contributed by atoms with Gasteiger partial charge in [-0.3, -0.25) is 0 Å². The van der Waals surface area contributed by atoms with Crippen molar-refractivity contribution in [3.8, 4) is 0 Å². The summed E-state index contributed by atoms with van der Waals surface area (Å²) in [5.74, 6) is 0. The molecule has 7 heteroatoms. The molecule has 0 amide bonds. The number of rotatable bonds is 33. The van der Waals surface area contributed by atoms with E-state index >= 15 is 0 Å². The van der Waals surface area contributed by atoms with Crippen LogP contribution in [0.5, 0.6) is 0 Å². The molecule has 0 aliphatic heterocycles. The second kappa shape index (κ2) is 31.5. The third-order valence-electron chi connectivity index (χ3n) is 6.39. The Morgan fingerprint density at radius 2 is 0.579 bits per heavy atom. The number of unbranched alkanes of at least 4 members (excludes halogenated alkanes) is 15. The van der Waals surface area contributed by atoms with Crippen molar-refractivity contribution in [3.05, 3.63) is 0 Å². The first-order chi connectivity index (χ1) is 18.6. The first-order valence-corrected chi connectivity index (χ1v) is 19.5. The van der Waals surface area contributed by atoms with E-state index in [2.05, 4.69) is 26.6 Å². The fraction of sp³-hybridized carbons (Fsp3) is 1.00. The third-order valence-corrected chi connectivity index (χ3v) is 7.46. The van der Waals surface area contributed by atoms with Gasteiger partial charge in [-0.1, -0.05) is 103 Å². The van der Waals surface area contributed by atoms with E-state index in [1.54, 1.807) is 0 Å². The summed E-state index contributed by atoms with van der Waals surface area (Å²) in [6.45, 7) is 15.8. The Hall–Kier alpha value is -0.0231. The molecule has 0 rings (SSSR count). The third kappa shape index (κ3) is 36.0. The Kier molecular flexibility index (Phi) is 31.5. The Balaban J connectivity index is 3.04. The minimum absolute atomic E-state index is 0.581. The molecule has 0 atom stereocenters. The van der Waals surface area contributed by atoms with Gasteiger partial charge in [0.1, 0.15) is 0 Å². The molecule has 0 heterocycles. The second-order valence-corrected chi connectivity index (χ2v) is 15.8. The van der Waals surface area contributed by atoms with Gasteiger partial charge in [0.05, 0.1) is 66.1 Å². The molecule has 0 aliphatic carbocycles. The molecule has 0 spiro atoms. The van der Waals surface area contributed by atoms with Crippen molar-refractivity contribution in [2.75, 3.05) is 72.7 Å².